The lowest BCUT2D eigenvalue weighted by molar-refractivity contribution is 0.895. The maximum absolute atomic E-state index is 4.42. The van der Waals surface area contributed by atoms with Crippen LogP contribution in [0.25, 0.3) is 16.7 Å². The van der Waals surface area contributed by atoms with E-state index in [1.54, 1.807) is 17.1 Å². The van der Waals surface area contributed by atoms with Crippen molar-refractivity contribution in [3.8, 4) is 5.69 Å². The molecule has 0 amide bonds. The number of nitrogens with one attached hydrogen (secondary N) is 1. The molecule has 0 saturated carbocycles. The summed E-state index contributed by atoms with van der Waals surface area (Å²) in [5.41, 5.74) is 5.63. The summed E-state index contributed by atoms with van der Waals surface area (Å²) in [5.74, 6) is 0.612. The van der Waals surface area contributed by atoms with E-state index in [4.69, 9.17) is 0 Å². The van der Waals surface area contributed by atoms with Crippen LogP contribution in [-0.4, -0.2) is 26.0 Å². The van der Waals surface area contributed by atoms with E-state index in [2.05, 4.69) is 41.5 Å². The number of benzene rings is 2. The van der Waals surface area contributed by atoms with Gasteiger partial charge in [-0.1, -0.05) is 46.3 Å². The molecule has 0 atom stereocenters. The lowest BCUT2D eigenvalue weighted by atomic mass is 10.2. The van der Waals surface area contributed by atoms with E-state index in [1.807, 2.05) is 54.6 Å². The second-order valence-electron chi connectivity index (χ2n) is 5.27. The number of halogens is 1. The predicted molar refractivity (Wildman–Crippen MR) is 102 cm³/mol. The van der Waals surface area contributed by atoms with Crippen molar-refractivity contribution in [2.45, 2.75) is 0 Å². The summed E-state index contributed by atoms with van der Waals surface area (Å²) < 4.78 is 2.81. The van der Waals surface area contributed by atoms with Crippen LogP contribution in [-0.2, 0) is 0 Å². The summed E-state index contributed by atoms with van der Waals surface area (Å²) in [6, 6.07) is 17.7. The fourth-order valence-electron chi connectivity index (χ4n) is 2.41. The van der Waals surface area contributed by atoms with Crippen LogP contribution < -0.4 is 5.43 Å². The molecule has 2 aromatic carbocycles. The molecule has 0 saturated heterocycles. The van der Waals surface area contributed by atoms with Crippen molar-refractivity contribution in [1.29, 1.82) is 0 Å². The minimum absolute atomic E-state index is 0.612. The van der Waals surface area contributed by atoms with Crippen molar-refractivity contribution in [3.05, 3.63) is 77.2 Å². The molecule has 25 heavy (non-hydrogen) atoms. The molecular weight excluding hydrogens is 380 g/mol. The van der Waals surface area contributed by atoms with Gasteiger partial charge in [0.1, 0.15) is 6.33 Å². The molecule has 0 aliphatic rings. The number of para-hydroxylation sites is 1. The highest BCUT2D eigenvalue weighted by atomic mass is 79.9. The van der Waals surface area contributed by atoms with E-state index in [-0.39, 0.29) is 0 Å². The SMILES string of the molecule is Brc1ccc(C=NNc2ncnc3c2cnn3-c2ccccc2)cc1. The number of nitrogens with zero attached hydrogens (tertiary/aromatic N) is 5. The third-order valence-corrected chi connectivity index (χ3v) is 4.15. The van der Waals surface area contributed by atoms with Crippen molar-refractivity contribution >= 4 is 39.0 Å². The summed E-state index contributed by atoms with van der Waals surface area (Å²) in [5, 5.41) is 9.48. The van der Waals surface area contributed by atoms with Gasteiger partial charge in [0.05, 0.1) is 23.5 Å². The summed E-state index contributed by atoms with van der Waals surface area (Å²) in [4.78, 5) is 8.61. The minimum atomic E-state index is 0.612. The van der Waals surface area contributed by atoms with Crippen LogP contribution in [0.2, 0.25) is 0 Å². The molecule has 0 bridgehead atoms. The first-order valence-electron chi connectivity index (χ1n) is 7.60. The second-order valence-corrected chi connectivity index (χ2v) is 6.19. The first-order valence-corrected chi connectivity index (χ1v) is 8.39. The lowest BCUT2D eigenvalue weighted by Gasteiger charge is -2.03. The van der Waals surface area contributed by atoms with Gasteiger partial charge < -0.3 is 0 Å². The Labute approximate surface area is 152 Å². The van der Waals surface area contributed by atoms with Crippen LogP contribution in [0.4, 0.5) is 5.82 Å². The van der Waals surface area contributed by atoms with Crippen LogP contribution in [0, 0.1) is 0 Å². The fraction of sp³-hybridized carbons (Fsp3) is 0. The average Bonchev–Trinajstić information content (AvgIpc) is 3.09. The number of hydrogen-bond acceptors (Lipinski definition) is 5. The number of hydrazone groups is 1. The molecule has 7 heteroatoms. The van der Waals surface area contributed by atoms with Gasteiger partial charge in [0.25, 0.3) is 0 Å². The second kappa shape index (κ2) is 6.82. The average molecular weight is 393 g/mol. The van der Waals surface area contributed by atoms with E-state index < -0.39 is 0 Å². The Kier molecular flexibility index (Phi) is 4.22. The summed E-state index contributed by atoms with van der Waals surface area (Å²) in [6.45, 7) is 0. The maximum atomic E-state index is 4.42. The van der Waals surface area contributed by atoms with Gasteiger partial charge in [0.15, 0.2) is 11.5 Å². The zero-order chi connectivity index (χ0) is 17.1. The van der Waals surface area contributed by atoms with Crippen LogP contribution in [0.1, 0.15) is 5.56 Å². The predicted octanol–water partition coefficient (Wildman–Crippen LogP) is 4.02. The first kappa shape index (κ1) is 15.5. The van der Waals surface area contributed by atoms with Crippen LogP contribution in [0.5, 0.6) is 0 Å². The quantitative estimate of drug-likeness (QED) is 0.420. The zero-order valence-corrected chi connectivity index (χ0v) is 14.6. The molecule has 0 aliphatic carbocycles. The molecule has 4 aromatic rings. The van der Waals surface area contributed by atoms with Crippen molar-refractivity contribution in [2.24, 2.45) is 5.10 Å². The molecule has 6 nitrogen and oxygen atoms in total. The normalized spacial score (nSPS) is 11.2. The largest absolute Gasteiger partial charge is 0.261 e. The Balaban J connectivity index is 1.62. The topological polar surface area (TPSA) is 68.0 Å². The number of fused-ring (bicyclic) bond motifs is 1. The van der Waals surface area contributed by atoms with E-state index in [0.717, 1.165) is 26.8 Å². The highest BCUT2D eigenvalue weighted by Gasteiger charge is 2.10. The van der Waals surface area contributed by atoms with Gasteiger partial charge >= 0.3 is 0 Å². The van der Waals surface area contributed by atoms with Crippen molar-refractivity contribution in [3.63, 3.8) is 0 Å². The summed E-state index contributed by atoms with van der Waals surface area (Å²) >= 11 is 3.41. The fourth-order valence-corrected chi connectivity index (χ4v) is 2.67. The van der Waals surface area contributed by atoms with Gasteiger partial charge in [0, 0.05) is 4.47 Å². The highest BCUT2D eigenvalue weighted by Crippen LogP contribution is 2.21. The summed E-state index contributed by atoms with van der Waals surface area (Å²) in [7, 11) is 0. The van der Waals surface area contributed by atoms with Gasteiger partial charge in [-0.3, -0.25) is 5.43 Å². The molecule has 2 heterocycles. The number of hydrogen-bond donors (Lipinski definition) is 1. The molecule has 0 fully saturated rings. The van der Waals surface area contributed by atoms with Crippen molar-refractivity contribution in [1.82, 2.24) is 19.7 Å². The first-order chi connectivity index (χ1) is 12.3. The molecule has 122 valence electrons. The summed E-state index contributed by atoms with van der Waals surface area (Å²) in [6.07, 6.45) is 4.97. The molecule has 1 N–H and O–H groups in total. The van der Waals surface area contributed by atoms with E-state index in [0.29, 0.717) is 5.82 Å². The van der Waals surface area contributed by atoms with Gasteiger partial charge in [0.2, 0.25) is 0 Å². The standard InChI is InChI=1S/C18H13BrN6/c19-14-8-6-13(7-9-14)10-22-24-17-16-11-23-25(18(16)21-12-20-17)15-4-2-1-3-5-15/h1-12H,(H,20,21,24). The van der Waals surface area contributed by atoms with Crippen LogP contribution in [0.3, 0.4) is 0 Å². The Hall–Kier alpha value is -3.06. The molecule has 0 spiro atoms. The number of anilines is 1. The molecule has 0 aliphatic heterocycles. The number of aromatic nitrogens is 4. The van der Waals surface area contributed by atoms with Gasteiger partial charge in [-0.2, -0.15) is 10.2 Å². The van der Waals surface area contributed by atoms with E-state index in [1.165, 1.54) is 6.33 Å². The minimum Gasteiger partial charge on any atom is -0.261 e. The third-order valence-electron chi connectivity index (χ3n) is 3.62. The smallest absolute Gasteiger partial charge is 0.168 e. The molecular formula is C18H13BrN6. The monoisotopic (exact) mass is 392 g/mol. The Morgan fingerprint density at radius 1 is 1.00 bits per heavy atom. The van der Waals surface area contributed by atoms with Gasteiger partial charge in [-0.15, -0.1) is 0 Å². The van der Waals surface area contributed by atoms with Crippen molar-refractivity contribution in [2.75, 3.05) is 5.43 Å². The highest BCUT2D eigenvalue weighted by molar-refractivity contribution is 9.10. The van der Waals surface area contributed by atoms with E-state index in [9.17, 15) is 0 Å². The maximum Gasteiger partial charge on any atom is 0.168 e. The third kappa shape index (κ3) is 3.27. The van der Waals surface area contributed by atoms with E-state index >= 15 is 0 Å². The molecule has 0 radical (unpaired) electrons. The van der Waals surface area contributed by atoms with Crippen LogP contribution in [0.15, 0.2) is 76.7 Å². The molecule has 4 rings (SSSR count). The Morgan fingerprint density at radius 3 is 2.60 bits per heavy atom. The number of rotatable bonds is 4. The Bertz CT molecular complexity index is 1020. The van der Waals surface area contributed by atoms with Gasteiger partial charge in [-0.05, 0) is 29.8 Å². The molecule has 2 aromatic heterocycles. The van der Waals surface area contributed by atoms with Gasteiger partial charge in [-0.25, -0.2) is 14.6 Å². The lowest BCUT2D eigenvalue weighted by Crippen LogP contribution is -1.99. The van der Waals surface area contributed by atoms with Crippen LogP contribution >= 0.6 is 15.9 Å². The Morgan fingerprint density at radius 2 is 1.80 bits per heavy atom. The van der Waals surface area contributed by atoms with Crippen molar-refractivity contribution < 1.29 is 0 Å². The molecule has 0 unspecified atom stereocenters. The zero-order valence-electron chi connectivity index (χ0n) is 13.0.